The van der Waals surface area contributed by atoms with E-state index in [1.807, 2.05) is 29.2 Å². The fraction of sp³-hybridized carbons (Fsp3) is 0.588. The Balaban J connectivity index is 1.64. The van der Waals surface area contributed by atoms with Crippen molar-refractivity contribution >= 4 is 21.8 Å². The van der Waals surface area contributed by atoms with E-state index >= 15 is 0 Å². The van der Waals surface area contributed by atoms with Gasteiger partial charge in [-0.1, -0.05) is 40.9 Å². The Labute approximate surface area is 134 Å². The van der Waals surface area contributed by atoms with E-state index in [0.29, 0.717) is 13.0 Å². The van der Waals surface area contributed by atoms with Gasteiger partial charge in [0.15, 0.2) is 0 Å². The van der Waals surface area contributed by atoms with Gasteiger partial charge in [0, 0.05) is 23.5 Å². The summed E-state index contributed by atoms with van der Waals surface area (Å²) in [7, 11) is 0. The Kier molecular flexibility index (Phi) is 4.36. The first-order valence-electron chi connectivity index (χ1n) is 7.81. The van der Waals surface area contributed by atoms with Gasteiger partial charge in [-0.15, -0.1) is 0 Å². The third-order valence-corrected chi connectivity index (χ3v) is 5.52. The molecule has 2 fully saturated rings. The average molecular weight is 352 g/mol. The molecule has 0 aromatic heterocycles. The van der Waals surface area contributed by atoms with E-state index in [4.69, 9.17) is 0 Å². The zero-order valence-corrected chi connectivity index (χ0v) is 13.8. The molecule has 1 aliphatic heterocycles. The van der Waals surface area contributed by atoms with E-state index in [1.165, 1.54) is 6.42 Å². The molecule has 3 nitrogen and oxygen atoms in total. The number of rotatable bonds is 2. The molecule has 3 rings (SSSR count). The van der Waals surface area contributed by atoms with Crippen LogP contribution in [0.1, 0.15) is 37.7 Å². The number of carbonyl (C=O) groups excluding carboxylic acids is 1. The summed E-state index contributed by atoms with van der Waals surface area (Å²) in [5.74, 6) is 0.451. The first-order chi connectivity index (χ1) is 10.1. The van der Waals surface area contributed by atoms with E-state index in [0.717, 1.165) is 42.3 Å². The Morgan fingerprint density at radius 1 is 1.38 bits per heavy atom. The molecule has 0 bridgehead atoms. The van der Waals surface area contributed by atoms with Gasteiger partial charge in [-0.3, -0.25) is 4.79 Å². The molecule has 1 saturated heterocycles. The van der Waals surface area contributed by atoms with Crippen LogP contribution >= 0.6 is 15.9 Å². The third-order valence-electron chi connectivity index (χ3n) is 5.02. The first kappa shape index (κ1) is 15.0. The number of halogens is 1. The summed E-state index contributed by atoms with van der Waals surface area (Å²) in [6.07, 6.45) is 5.45. The highest BCUT2D eigenvalue weighted by Crippen LogP contribution is 2.39. The summed E-state index contributed by atoms with van der Waals surface area (Å²) < 4.78 is 1.01. The molecule has 1 aromatic rings. The molecular formula is C17H22BrNO2. The van der Waals surface area contributed by atoms with Crippen molar-refractivity contribution in [2.45, 2.75) is 44.1 Å². The Hall–Kier alpha value is -0.870. The minimum Gasteiger partial charge on any atom is -0.389 e. The number of amides is 1. The van der Waals surface area contributed by atoms with Crippen molar-refractivity contribution in [3.8, 4) is 0 Å². The summed E-state index contributed by atoms with van der Waals surface area (Å²) in [6.45, 7) is 1.42. The van der Waals surface area contributed by atoms with Gasteiger partial charge in [-0.05, 0) is 37.0 Å². The fourth-order valence-corrected chi connectivity index (χ4v) is 4.18. The number of likely N-dealkylation sites (tertiary alicyclic amines) is 1. The molecule has 1 heterocycles. The average Bonchev–Trinajstić information content (AvgIpc) is 2.46. The molecule has 0 spiro atoms. The van der Waals surface area contributed by atoms with Crippen molar-refractivity contribution in [2.24, 2.45) is 5.92 Å². The van der Waals surface area contributed by atoms with Crippen molar-refractivity contribution in [1.29, 1.82) is 0 Å². The Morgan fingerprint density at radius 2 is 2.24 bits per heavy atom. The number of nitrogens with zero attached hydrogens (tertiary/aromatic N) is 1. The molecule has 21 heavy (non-hydrogen) atoms. The molecule has 2 aliphatic rings. The van der Waals surface area contributed by atoms with Crippen LogP contribution in [-0.4, -0.2) is 34.6 Å². The van der Waals surface area contributed by atoms with Crippen molar-refractivity contribution in [2.75, 3.05) is 13.1 Å². The second-order valence-corrected chi connectivity index (χ2v) is 7.36. The van der Waals surface area contributed by atoms with E-state index < -0.39 is 5.60 Å². The molecule has 114 valence electrons. The maximum atomic E-state index is 12.5. The molecule has 1 aliphatic carbocycles. The monoisotopic (exact) mass is 351 g/mol. The molecular weight excluding hydrogens is 330 g/mol. The van der Waals surface area contributed by atoms with Crippen LogP contribution < -0.4 is 0 Å². The Bertz CT molecular complexity index is 533. The topological polar surface area (TPSA) is 40.5 Å². The van der Waals surface area contributed by atoms with Crippen LogP contribution in [0.4, 0.5) is 0 Å². The van der Waals surface area contributed by atoms with Crippen molar-refractivity contribution in [3.63, 3.8) is 0 Å². The minimum atomic E-state index is -0.509. The maximum absolute atomic E-state index is 12.5. The lowest BCUT2D eigenvalue weighted by Crippen LogP contribution is -2.54. The van der Waals surface area contributed by atoms with Crippen LogP contribution in [0.15, 0.2) is 28.7 Å². The number of carbonyl (C=O) groups is 1. The Morgan fingerprint density at radius 3 is 3.05 bits per heavy atom. The smallest absolute Gasteiger partial charge is 0.227 e. The fourth-order valence-electron chi connectivity index (χ4n) is 3.73. The minimum absolute atomic E-state index is 0.181. The molecule has 1 aromatic carbocycles. The standard InChI is InChI=1S/C17H22BrNO2/c18-15-6-3-4-13(10-15)11-16(20)19-9-8-17(21)7-2-1-5-14(17)12-19/h3-4,6,10,14,21H,1-2,5,7-9,11-12H2. The van der Waals surface area contributed by atoms with E-state index in [1.54, 1.807) is 0 Å². The van der Waals surface area contributed by atoms with Gasteiger partial charge in [0.25, 0.3) is 0 Å². The second kappa shape index (κ2) is 6.09. The van der Waals surface area contributed by atoms with Crippen LogP contribution in [0.3, 0.4) is 0 Å². The van der Waals surface area contributed by atoms with E-state index in [-0.39, 0.29) is 11.8 Å². The first-order valence-corrected chi connectivity index (χ1v) is 8.61. The number of piperidine rings is 1. The predicted octanol–water partition coefficient (Wildman–Crippen LogP) is 3.15. The van der Waals surface area contributed by atoms with Crippen molar-refractivity contribution < 1.29 is 9.90 Å². The summed E-state index contributed by atoms with van der Waals surface area (Å²) in [4.78, 5) is 14.4. The van der Waals surface area contributed by atoms with Crippen molar-refractivity contribution in [3.05, 3.63) is 34.3 Å². The highest BCUT2D eigenvalue weighted by atomic mass is 79.9. The van der Waals surface area contributed by atoms with Crippen LogP contribution in [0.2, 0.25) is 0 Å². The molecule has 1 amide bonds. The number of hydrogen-bond donors (Lipinski definition) is 1. The quantitative estimate of drug-likeness (QED) is 0.888. The third kappa shape index (κ3) is 3.32. The van der Waals surface area contributed by atoms with Gasteiger partial charge in [0.05, 0.1) is 12.0 Å². The zero-order chi connectivity index (χ0) is 14.9. The van der Waals surface area contributed by atoms with Gasteiger partial charge in [-0.25, -0.2) is 0 Å². The lowest BCUT2D eigenvalue weighted by Gasteiger charge is -2.47. The molecule has 0 radical (unpaired) electrons. The van der Waals surface area contributed by atoms with Gasteiger partial charge in [-0.2, -0.15) is 0 Å². The van der Waals surface area contributed by atoms with Gasteiger partial charge >= 0.3 is 0 Å². The van der Waals surface area contributed by atoms with E-state index in [9.17, 15) is 9.90 Å². The van der Waals surface area contributed by atoms with Crippen LogP contribution in [0.5, 0.6) is 0 Å². The molecule has 2 unspecified atom stereocenters. The number of benzene rings is 1. The second-order valence-electron chi connectivity index (χ2n) is 6.44. The van der Waals surface area contributed by atoms with Gasteiger partial charge < -0.3 is 10.0 Å². The molecule has 1 N–H and O–H groups in total. The van der Waals surface area contributed by atoms with Crippen LogP contribution in [0, 0.1) is 5.92 Å². The highest BCUT2D eigenvalue weighted by Gasteiger charge is 2.43. The normalized spacial score (nSPS) is 29.0. The molecule has 4 heteroatoms. The summed E-state index contributed by atoms with van der Waals surface area (Å²) in [5.41, 5.74) is 0.531. The summed E-state index contributed by atoms with van der Waals surface area (Å²) in [5, 5.41) is 10.7. The lowest BCUT2D eigenvalue weighted by atomic mass is 9.71. The molecule has 2 atom stereocenters. The lowest BCUT2D eigenvalue weighted by molar-refractivity contribution is -0.142. The van der Waals surface area contributed by atoms with Gasteiger partial charge in [0.1, 0.15) is 0 Å². The van der Waals surface area contributed by atoms with E-state index in [2.05, 4.69) is 15.9 Å². The molecule has 1 saturated carbocycles. The highest BCUT2D eigenvalue weighted by molar-refractivity contribution is 9.10. The number of aliphatic hydroxyl groups is 1. The summed E-state index contributed by atoms with van der Waals surface area (Å²) in [6, 6.07) is 7.92. The maximum Gasteiger partial charge on any atom is 0.227 e. The van der Waals surface area contributed by atoms with Gasteiger partial charge in [0.2, 0.25) is 5.91 Å². The predicted molar refractivity (Wildman–Crippen MR) is 86.0 cm³/mol. The van der Waals surface area contributed by atoms with Crippen LogP contribution in [-0.2, 0) is 11.2 Å². The number of hydrogen-bond acceptors (Lipinski definition) is 2. The number of fused-ring (bicyclic) bond motifs is 1. The largest absolute Gasteiger partial charge is 0.389 e. The van der Waals surface area contributed by atoms with Crippen molar-refractivity contribution in [1.82, 2.24) is 4.90 Å². The SMILES string of the molecule is O=C(Cc1cccc(Br)c1)N1CCC2(O)CCCCC2C1. The summed E-state index contributed by atoms with van der Waals surface area (Å²) >= 11 is 3.44. The zero-order valence-electron chi connectivity index (χ0n) is 12.2. The van der Waals surface area contributed by atoms with Crippen LogP contribution in [0.25, 0.3) is 0 Å².